The first-order valence-electron chi connectivity index (χ1n) is 7.19. The van der Waals surface area contributed by atoms with Crippen LogP contribution in [0, 0.1) is 12.8 Å². The number of nitrogens with one attached hydrogen (secondary N) is 1. The van der Waals surface area contributed by atoms with Crippen molar-refractivity contribution in [3.8, 4) is 0 Å². The first kappa shape index (κ1) is 15.3. The number of ether oxygens (including phenoxy) is 1. The number of furan rings is 1. The minimum Gasteiger partial charge on any atom is -0.462 e. The van der Waals surface area contributed by atoms with Crippen LogP contribution in [0.1, 0.15) is 43.3 Å². The van der Waals surface area contributed by atoms with Crippen molar-refractivity contribution in [3.63, 3.8) is 0 Å². The van der Waals surface area contributed by atoms with Gasteiger partial charge in [0.15, 0.2) is 0 Å². The Balaban J connectivity index is 2.39. The van der Waals surface area contributed by atoms with E-state index < -0.39 is 5.97 Å². The van der Waals surface area contributed by atoms with Gasteiger partial charge in [0.1, 0.15) is 23.5 Å². The highest BCUT2D eigenvalue weighted by atomic mass is 16.5. The summed E-state index contributed by atoms with van der Waals surface area (Å²) in [7, 11) is 0. The van der Waals surface area contributed by atoms with Gasteiger partial charge in [0, 0.05) is 6.54 Å². The van der Waals surface area contributed by atoms with Crippen LogP contribution in [0.4, 0.5) is 5.82 Å². The van der Waals surface area contributed by atoms with E-state index in [-0.39, 0.29) is 0 Å². The molecule has 21 heavy (non-hydrogen) atoms. The smallest absolute Gasteiger partial charge is 0.342 e. The summed E-state index contributed by atoms with van der Waals surface area (Å²) in [4.78, 5) is 20.4. The Hall–Kier alpha value is -2.11. The average Bonchev–Trinajstić information content (AvgIpc) is 2.75. The highest BCUT2D eigenvalue weighted by Crippen LogP contribution is 2.29. The quantitative estimate of drug-likeness (QED) is 0.824. The second kappa shape index (κ2) is 6.56. The molecule has 0 radical (unpaired) electrons. The zero-order chi connectivity index (χ0) is 15.4. The molecule has 0 aliphatic carbocycles. The van der Waals surface area contributed by atoms with Crippen LogP contribution in [0.3, 0.4) is 0 Å². The zero-order valence-corrected chi connectivity index (χ0v) is 12.9. The molecule has 0 atom stereocenters. The number of fused-ring (bicyclic) bond motifs is 1. The zero-order valence-electron chi connectivity index (χ0n) is 12.9. The van der Waals surface area contributed by atoms with Crippen molar-refractivity contribution in [3.05, 3.63) is 17.7 Å². The number of esters is 1. The van der Waals surface area contributed by atoms with Gasteiger partial charge in [-0.1, -0.05) is 13.8 Å². The third kappa shape index (κ3) is 3.32. The molecule has 0 saturated carbocycles. The van der Waals surface area contributed by atoms with Crippen LogP contribution < -0.4 is 5.32 Å². The predicted octanol–water partition coefficient (Wildman–Crippen LogP) is 3.17. The minimum atomic E-state index is -0.407. The van der Waals surface area contributed by atoms with E-state index in [9.17, 15) is 4.79 Å². The molecule has 0 saturated heterocycles. The fourth-order valence-corrected chi connectivity index (χ4v) is 2.11. The molecule has 114 valence electrons. The summed E-state index contributed by atoms with van der Waals surface area (Å²) in [6.07, 6.45) is 2.44. The molecule has 6 heteroatoms. The maximum Gasteiger partial charge on any atom is 0.342 e. The third-order valence-corrected chi connectivity index (χ3v) is 3.16. The Labute approximate surface area is 123 Å². The van der Waals surface area contributed by atoms with Gasteiger partial charge in [0.05, 0.1) is 12.0 Å². The van der Waals surface area contributed by atoms with E-state index in [1.54, 1.807) is 13.8 Å². The van der Waals surface area contributed by atoms with Crippen LogP contribution in [0.25, 0.3) is 11.1 Å². The highest BCUT2D eigenvalue weighted by Gasteiger charge is 2.23. The summed E-state index contributed by atoms with van der Waals surface area (Å²) in [6.45, 7) is 8.90. The Kier molecular flexibility index (Phi) is 4.77. The number of aryl methyl sites for hydroxylation is 1. The van der Waals surface area contributed by atoms with Crippen molar-refractivity contribution >= 4 is 22.9 Å². The monoisotopic (exact) mass is 291 g/mol. The first-order valence-corrected chi connectivity index (χ1v) is 7.19. The summed E-state index contributed by atoms with van der Waals surface area (Å²) in [5.41, 5.74) is 0.803. The average molecular weight is 291 g/mol. The SMILES string of the molecule is CCOC(=O)c1c(C)oc2ncnc(NCCC(C)C)c12. The molecule has 2 heterocycles. The lowest BCUT2D eigenvalue weighted by molar-refractivity contribution is 0.0526. The van der Waals surface area contributed by atoms with Gasteiger partial charge < -0.3 is 14.5 Å². The van der Waals surface area contributed by atoms with E-state index >= 15 is 0 Å². The van der Waals surface area contributed by atoms with Crippen molar-refractivity contribution in [1.29, 1.82) is 0 Å². The van der Waals surface area contributed by atoms with Gasteiger partial charge in [0.25, 0.3) is 0 Å². The number of rotatable bonds is 6. The summed E-state index contributed by atoms with van der Waals surface area (Å²) in [5, 5.41) is 3.85. The first-order chi connectivity index (χ1) is 10.0. The maximum atomic E-state index is 12.1. The lowest BCUT2D eigenvalue weighted by Crippen LogP contribution is -2.09. The van der Waals surface area contributed by atoms with Gasteiger partial charge in [-0.05, 0) is 26.2 Å². The molecule has 0 aliphatic rings. The molecular formula is C15H21N3O3. The predicted molar refractivity (Wildman–Crippen MR) is 80.4 cm³/mol. The van der Waals surface area contributed by atoms with Crippen molar-refractivity contribution in [2.24, 2.45) is 5.92 Å². The molecule has 0 unspecified atom stereocenters. The van der Waals surface area contributed by atoms with Crippen LogP contribution in [0.5, 0.6) is 0 Å². The Bertz CT molecular complexity index is 634. The Morgan fingerprint density at radius 1 is 1.43 bits per heavy atom. The third-order valence-electron chi connectivity index (χ3n) is 3.16. The molecule has 0 fully saturated rings. The number of hydrogen-bond donors (Lipinski definition) is 1. The minimum absolute atomic E-state index is 0.314. The van der Waals surface area contributed by atoms with Gasteiger partial charge in [0.2, 0.25) is 5.71 Å². The molecule has 1 N–H and O–H groups in total. The van der Waals surface area contributed by atoms with E-state index in [4.69, 9.17) is 9.15 Å². The number of hydrogen-bond acceptors (Lipinski definition) is 6. The number of nitrogens with zero attached hydrogens (tertiary/aromatic N) is 2. The summed E-state index contributed by atoms with van der Waals surface area (Å²) in [6, 6.07) is 0. The van der Waals surface area contributed by atoms with E-state index in [0.717, 1.165) is 13.0 Å². The molecule has 2 rings (SSSR count). The Morgan fingerprint density at radius 3 is 2.86 bits per heavy atom. The lowest BCUT2D eigenvalue weighted by Gasteiger charge is -2.08. The van der Waals surface area contributed by atoms with Gasteiger partial charge in [-0.3, -0.25) is 0 Å². The second-order valence-electron chi connectivity index (χ2n) is 5.27. The van der Waals surface area contributed by atoms with Crippen LogP contribution in [0.15, 0.2) is 10.7 Å². The van der Waals surface area contributed by atoms with Crippen LogP contribution >= 0.6 is 0 Å². The van der Waals surface area contributed by atoms with Crippen LogP contribution in [-0.2, 0) is 4.74 Å². The molecule has 0 aliphatic heterocycles. The lowest BCUT2D eigenvalue weighted by atomic mass is 10.1. The van der Waals surface area contributed by atoms with E-state index in [2.05, 4.69) is 29.1 Å². The van der Waals surface area contributed by atoms with E-state index in [1.807, 2.05) is 0 Å². The van der Waals surface area contributed by atoms with Gasteiger partial charge >= 0.3 is 5.97 Å². The largest absolute Gasteiger partial charge is 0.462 e. The molecule has 2 aromatic heterocycles. The van der Waals surface area contributed by atoms with Crippen LogP contribution in [-0.4, -0.2) is 29.1 Å². The number of aromatic nitrogens is 2. The fraction of sp³-hybridized carbons (Fsp3) is 0.533. The maximum absolute atomic E-state index is 12.1. The number of anilines is 1. The van der Waals surface area contributed by atoms with Gasteiger partial charge in [-0.25, -0.2) is 14.8 Å². The van der Waals surface area contributed by atoms with E-state index in [1.165, 1.54) is 6.33 Å². The summed E-state index contributed by atoms with van der Waals surface area (Å²) in [5.74, 6) is 1.29. The molecule has 0 aromatic carbocycles. The van der Waals surface area contributed by atoms with Gasteiger partial charge in [-0.2, -0.15) is 0 Å². The van der Waals surface area contributed by atoms with Gasteiger partial charge in [-0.15, -0.1) is 0 Å². The summed E-state index contributed by atoms with van der Waals surface area (Å²) >= 11 is 0. The van der Waals surface area contributed by atoms with Crippen molar-refractivity contribution in [2.45, 2.75) is 34.1 Å². The fourth-order valence-electron chi connectivity index (χ4n) is 2.11. The molecule has 0 spiro atoms. The summed E-state index contributed by atoms with van der Waals surface area (Å²) < 4.78 is 10.6. The van der Waals surface area contributed by atoms with E-state index in [0.29, 0.717) is 40.8 Å². The molecule has 2 aromatic rings. The van der Waals surface area contributed by atoms with Crippen molar-refractivity contribution in [2.75, 3.05) is 18.5 Å². The molecule has 0 bridgehead atoms. The highest BCUT2D eigenvalue weighted by molar-refractivity contribution is 6.07. The van der Waals surface area contributed by atoms with Crippen LogP contribution in [0.2, 0.25) is 0 Å². The molecule has 6 nitrogen and oxygen atoms in total. The topological polar surface area (TPSA) is 77.2 Å². The Morgan fingerprint density at radius 2 is 2.19 bits per heavy atom. The number of carbonyl (C=O) groups excluding carboxylic acids is 1. The van der Waals surface area contributed by atoms with Crippen molar-refractivity contribution in [1.82, 2.24) is 9.97 Å². The number of carbonyl (C=O) groups is 1. The normalized spacial score (nSPS) is 11.1. The standard InChI is InChI=1S/C15H21N3O3/c1-5-20-15(19)11-10(4)21-14-12(11)13(17-8-18-14)16-7-6-9(2)3/h8-9H,5-7H2,1-4H3,(H,16,17,18). The molecule has 0 amide bonds. The molecular weight excluding hydrogens is 270 g/mol. The second-order valence-corrected chi connectivity index (χ2v) is 5.27. The van der Waals surface area contributed by atoms with Crippen molar-refractivity contribution < 1.29 is 13.9 Å².